The third-order valence-corrected chi connectivity index (χ3v) is 3.03. The summed E-state index contributed by atoms with van der Waals surface area (Å²) in [5.74, 6) is 0.699. The minimum absolute atomic E-state index is 0. The number of hydrogen-bond donors (Lipinski definition) is 1. The van der Waals surface area contributed by atoms with E-state index in [0.717, 1.165) is 19.5 Å². The van der Waals surface area contributed by atoms with Crippen LogP contribution < -0.4 is 10.1 Å². The normalized spacial score (nSPS) is 9.78. The zero-order chi connectivity index (χ0) is 11.8. The van der Waals surface area contributed by atoms with E-state index in [0.29, 0.717) is 12.5 Å². The van der Waals surface area contributed by atoms with Crippen LogP contribution in [0.3, 0.4) is 0 Å². The predicted molar refractivity (Wildman–Crippen MR) is 77.6 cm³/mol. The van der Waals surface area contributed by atoms with Gasteiger partial charge in [-0.3, -0.25) is 0 Å². The van der Waals surface area contributed by atoms with Crippen LogP contribution >= 0.6 is 23.7 Å². The number of nitrogens with zero attached hydrogens (tertiary/aromatic N) is 1. The number of rotatable bonds is 7. The Labute approximate surface area is 118 Å². The molecule has 98 valence electrons. The molecule has 0 fully saturated rings. The Morgan fingerprint density at radius 3 is 2.94 bits per heavy atom. The van der Waals surface area contributed by atoms with E-state index in [1.54, 1.807) is 17.5 Å². The van der Waals surface area contributed by atoms with Crippen molar-refractivity contribution in [1.29, 1.82) is 0 Å². The van der Waals surface area contributed by atoms with E-state index >= 15 is 0 Å². The summed E-state index contributed by atoms with van der Waals surface area (Å²) >= 11 is 1.73. The number of halogens is 1. The fraction of sp³-hybridized carbons (Fsp3) is 0.308. The smallest absolute Gasteiger partial charge is 0.213 e. The molecule has 0 spiro atoms. The Balaban J connectivity index is 0.00000162. The highest BCUT2D eigenvalue weighted by molar-refractivity contribution is 7.07. The van der Waals surface area contributed by atoms with Crippen LogP contribution in [-0.4, -0.2) is 18.1 Å². The second-order valence-corrected chi connectivity index (χ2v) is 4.46. The van der Waals surface area contributed by atoms with Crippen LogP contribution in [-0.2, 0) is 6.54 Å². The summed E-state index contributed by atoms with van der Waals surface area (Å²) in [5, 5.41) is 7.64. The molecule has 2 aromatic rings. The molecule has 3 nitrogen and oxygen atoms in total. The van der Waals surface area contributed by atoms with E-state index in [1.165, 1.54) is 5.56 Å². The van der Waals surface area contributed by atoms with Crippen molar-refractivity contribution in [2.45, 2.75) is 13.0 Å². The largest absolute Gasteiger partial charge is 0.478 e. The van der Waals surface area contributed by atoms with Gasteiger partial charge in [-0.2, -0.15) is 11.3 Å². The Hall–Kier alpha value is -1.10. The highest BCUT2D eigenvalue weighted by Crippen LogP contribution is 2.05. The first kappa shape index (κ1) is 15.0. The van der Waals surface area contributed by atoms with Gasteiger partial charge < -0.3 is 10.1 Å². The second kappa shape index (κ2) is 8.91. The van der Waals surface area contributed by atoms with E-state index < -0.39 is 0 Å². The highest BCUT2D eigenvalue weighted by atomic mass is 35.5. The summed E-state index contributed by atoms with van der Waals surface area (Å²) in [6.07, 6.45) is 2.73. The van der Waals surface area contributed by atoms with Gasteiger partial charge in [0.2, 0.25) is 5.88 Å². The summed E-state index contributed by atoms with van der Waals surface area (Å²) in [6.45, 7) is 2.60. The molecule has 18 heavy (non-hydrogen) atoms. The lowest BCUT2D eigenvalue weighted by Gasteiger charge is -2.05. The van der Waals surface area contributed by atoms with Crippen molar-refractivity contribution < 1.29 is 4.74 Å². The Kier molecular flexibility index (Phi) is 7.41. The summed E-state index contributed by atoms with van der Waals surface area (Å²) in [6, 6.07) is 7.83. The Bertz CT molecular complexity index is 408. The molecule has 5 heteroatoms. The maximum Gasteiger partial charge on any atom is 0.213 e. The van der Waals surface area contributed by atoms with Gasteiger partial charge in [0.05, 0.1) is 6.61 Å². The monoisotopic (exact) mass is 284 g/mol. The molecule has 0 saturated carbocycles. The summed E-state index contributed by atoms with van der Waals surface area (Å²) in [7, 11) is 0. The van der Waals surface area contributed by atoms with Crippen LogP contribution in [0.4, 0.5) is 0 Å². The zero-order valence-electron chi connectivity index (χ0n) is 10.0. The average molecular weight is 285 g/mol. The summed E-state index contributed by atoms with van der Waals surface area (Å²) < 4.78 is 5.49. The molecule has 0 amide bonds. The van der Waals surface area contributed by atoms with E-state index in [-0.39, 0.29) is 12.4 Å². The number of ether oxygens (including phenoxy) is 1. The van der Waals surface area contributed by atoms with E-state index in [4.69, 9.17) is 4.74 Å². The molecule has 2 aromatic heterocycles. The van der Waals surface area contributed by atoms with Gasteiger partial charge in [-0.05, 0) is 41.4 Å². The number of aromatic nitrogens is 1. The molecule has 0 radical (unpaired) electrons. The van der Waals surface area contributed by atoms with Crippen molar-refractivity contribution in [2.24, 2.45) is 0 Å². The van der Waals surface area contributed by atoms with Gasteiger partial charge in [-0.15, -0.1) is 12.4 Å². The standard InChI is InChI=1S/C13H16N2OS.ClH/c1-2-7-15-13(4-1)16-8-3-6-14-10-12-5-9-17-11-12;/h1-2,4-5,7,9,11,14H,3,6,8,10H2;1H. The molecular formula is C13H17ClN2OS. The topological polar surface area (TPSA) is 34.1 Å². The van der Waals surface area contributed by atoms with E-state index in [1.807, 2.05) is 18.2 Å². The molecule has 0 aliphatic carbocycles. The fourth-order valence-electron chi connectivity index (χ4n) is 1.43. The lowest BCUT2D eigenvalue weighted by atomic mass is 10.3. The Morgan fingerprint density at radius 1 is 1.28 bits per heavy atom. The molecule has 0 aromatic carbocycles. The third kappa shape index (κ3) is 5.49. The molecule has 0 aliphatic rings. The fourth-order valence-corrected chi connectivity index (χ4v) is 2.10. The number of hydrogen-bond acceptors (Lipinski definition) is 4. The molecule has 1 N–H and O–H groups in total. The van der Waals surface area contributed by atoms with Gasteiger partial charge in [0.25, 0.3) is 0 Å². The number of pyridine rings is 1. The zero-order valence-corrected chi connectivity index (χ0v) is 11.7. The number of nitrogens with one attached hydrogen (secondary N) is 1. The quantitative estimate of drug-likeness (QED) is 0.793. The molecule has 0 unspecified atom stereocenters. The van der Waals surface area contributed by atoms with Crippen LogP contribution in [0.25, 0.3) is 0 Å². The van der Waals surface area contributed by atoms with Gasteiger partial charge in [-0.1, -0.05) is 6.07 Å². The van der Waals surface area contributed by atoms with Gasteiger partial charge in [0.15, 0.2) is 0 Å². The molecule has 2 heterocycles. The first-order valence-corrected chi connectivity index (χ1v) is 6.65. The molecule has 0 bridgehead atoms. The van der Waals surface area contributed by atoms with Crippen LogP contribution in [0.5, 0.6) is 5.88 Å². The average Bonchev–Trinajstić information content (AvgIpc) is 2.88. The van der Waals surface area contributed by atoms with Gasteiger partial charge >= 0.3 is 0 Å². The van der Waals surface area contributed by atoms with Crippen molar-refractivity contribution in [1.82, 2.24) is 10.3 Å². The van der Waals surface area contributed by atoms with Gasteiger partial charge in [0.1, 0.15) is 0 Å². The van der Waals surface area contributed by atoms with Crippen LogP contribution in [0.2, 0.25) is 0 Å². The van der Waals surface area contributed by atoms with Crippen molar-refractivity contribution in [3.8, 4) is 5.88 Å². The molecule has 0 aliphatic heterocycles. The van der Waals surface area contributed by atoms with Crippen molar-refractivity contribution in [2.75, 3.05) is 13.2 Å². The van der Waals surface area contributed by atoms with E-state index in [9.17, 15) is 0 Å². The lowest BCUT2D eigenvalue weighted by molar-refractivity contribution is 0.296. The van der Waals surface area contributed by atoms with E-state index in [2.05, 4.69) is 27.1 Å². The maximum absolute atomic E-state index is 5.49. The molecule has 2 rings (SSSR count). The van der Waals surface area contributed by atoms with Gasteiger partial charge in [0, 0.05) is 18.8 Å². The maximum atomic E-state index is 5.49. The summed E-state index contributed by atoms with van der Waals surface area (Å²) in [4.78, 5) is 4.10. The van der Waals surface area contributed by atoms with Crippen molar-refractivity contribution >= 4 is 23.7 Å². The summed E-state index contributed by atoms with van der Waals surface area (Å²) in [5.41, 5.74) is 1.35. The number of thiophene rings is 1. The van der Waals surface area contributed by atoms with Gasteiger partial charge in [-0.25, -0.2) is 4.98 Å². The molecule has 0 saturated heterocycles. The van der Waals surface area contributed by atoms with Crippen molar-refractivity contribution in [3.63, 3.8) is 0 Å². The first-order valence-electron chi connectivity index (χ1n) is 5.71. The highest BCUT2D eigenvalue weighted by Gasteiger charge is 1.94. The minimum atomic E-state index is 0. The SMILES string of the molecule is Cl.c1ccc(OCCCNCc2ccsc2)nc1. The van der Waals surface area contributed by atoms with Crippen LogP contribution in [0, 0.1) is 0 Å². The minimum Gasteiger partial charge on any atom is -0.478 e. The lowest BCUT2D eigenvalue weighted by Crippen LogP contribution is -2.16. The third-order valence-electron chi connectivity index (χ3n) is 2.29. The van der Waals surface area contributed by atoms with Crippen LogP contribution in [0.1, 0.15) is 12.0 Å². The molecular weight excluding hydrogens is 268 g/mol. The predicted octanol–water partition coefficient (Wildman–Crippen LogP) is 3.12. The van der Waals surface area contributed by atoms with Crippen molar-refractivity contribution in [3.05, 3.63) is 46.8 Å². The second-order valence-electron chi connectivity index (χ2n) is 3.68. The van der Waals surface area contributed by atoms with Crippen LogP contribution in [0.15, 0.2) is 41.2 Å². The molecule has 0 atom stereocenters. The first-order chi connectivity index (χ1) is 8.45. The Morgan fingerprint density at radius 2 is 2.22 bits per heavy atom.